The van der Waals surface area contributed by atoms with Gasteiger partial charge in [0.15, 0.2) is 0 Å². The van der Waals surface area contributed by atoms with Crippen LogP contribution in [0.3, 0.4) is 0 Å². The third-order valence-electron chi connectivity index (χ3n) is 2.26. The highest BCUT2D eigenvalue weighted by Gasteiger charge is 2.01. The van der Waals surface area contributed by atoms with E-state index in [1.807, 2.05) is 24.3 Å². The predicted molar refractivity (Wildman–Crippen MR) is 72.4 cm³/mol. The number of hydrogen-bond donors (Lipinski definition) is 2. The highest BCUT2D eigenvalue weighted by atomic mass is 35.5. The van der Waals surface area contributed by atoms with E-state index < -0.39 is 0 Å². The fourth-order valence-corrected chi connectivity index (χ4v) is 1.68. The second-order valence-corrected chi connectivity index (χ2v) is 4.44. The zero-order chi connectivity index (χ0) is 12.3. The molecular weight excluding hydrogens is 257 g/mol. The van der Waals surface area contributed by atoms with Crippen molar-refractivity contribution in [2.24, 2.45) is 0 Å². The van der Waals surface area contributed by atoms with Crippen molar-refractivity contribution in [3.63, 3.8) is 0 Å². The van der Waals surface area contributed by atoms with Crippen LogP contribution in [0.2, 0.25) is 10.0 Å². The van der Waals surface area contributed by atoms with Gasteiger partial charge in [0.25, 0.3) is 0 Å². The second-order valence-electron chi connectivity index (χ2n) is 3.57. The molecule has 0 fully saturated rings. The number of hydrogen-bond acceptors (Lipinski definition) is 3. The maximum atomic E-state index is 5.80. The fourth-order valence-electron chi connectivity index (χ4n) is 1.39. The molecule has 0 unspecified atom stereocenters. The first-order chi connectivity index (χ1) is 8.15. The highest BCUT2D eigenvalue weighted by molar-refractivity contribution is 6.31. The van der Waals surface area contributed by atoms with Crippen LogP contribution in [-0.2, 0) is 6.54 Å². The molecule has 0 aliphatic rings. The number of nitrogens with two attached hydrogens (primary N) is 1. The van der Waals surface area contributed by atoms with Gasteiger partial charge in [0.1, 0.15) is 5.82 Å². The smallest absolute Gasteiger partial charge is 0.149 e. The van der Waals surface area contributed by atoms with Crippen LogP contribution in [-0.4, -0.2) is 4.98 Å². The molecule has 0 radical (unpaired) electrons. The normalized spacial score (nSPS) is 10.2. The third-order valence-corrected chi connectivity index (χ3v) is 2.72. The minimum absolute atomic E-state index is 0.527. The first kappa shape index (κ1) is 12.0. The van der Waals surface area contributed by atoms with Crippen LogP contribution in [0, 0.1) is 0 Å². The summed E-state index contributed by atoms with van der Waals surface area (Å²) in [6, 6.07) is 9.25. The number of pyridine rings is 1. The van der Waals surface area contributed by atoms with Gasteiger partial charge in [-0.2, -0.15) is 0 Å². The van der Waals surface area contributed by atoms with E-state index in [0.29, 0.717) is 23.1 Å². The Morgan fingerprint density at radius 1 is 1.12 bits per heavy atom. The van der Waals surface area contributed by atoms with Gasteiger partial charge in [-0.05, 0) is 23.8 Å². The molecule has 2 aromatic rings. The number of halogens is 2. The van der Waals surface area contributed by atoms with E-state index in [9.17, 15) is 0 Å². The molecule has 17 heavy (non-hydrogen) atoms. The molecule has 5 heteroatoms. The Kier molecular flexibility index (Phi) is 3.71. The Hall–Kier alpha value is -1.45. The van der Waals surface area contributed by atoms with Gasteiger partial charge in [-0.3, -0.25) is 0 Å². The number of nitrogens with one attached hydrogen (secondary N) is 1. The molecular formula is C12H11Cl2N3. The summed E-state index contributed by atoms with van der Waals surface area (Å²) in [4.78, 5) is 4.12. The first-order valence-electron chi connectivity index (χ1n) is 5.04. The molecule has 1 heterocycles. The van der Waals surface area contributed by atoms with Gasteiger partial charge in [0.05, 0.1) is 10.7 Å². The number of benzene rings is 1. The van der Waals surface area contributed by atoms with E-state index in [0.717, 1.165) is 10.6 Å². The Morgan fingerprint density at radius 2 is 1.82 bits per heavy atom. The highest BCUT2D eigenvalue weighted by Crippen LogP contribution is 2.20. The number of nitrogens with zero attached hydrogens (tertiary/aromatic N) is 1. The monoisotopic (exact) mass is 267 g/mol. The molecule has 0 saturated carbocycles. The summed E-state index contributed by atoms with van der Waals surface area (Å²) in [5, 5.41) is 4.39. The Balaban J connectivity index is 2.04. The van der Waals surface area contributed by atoms with Crippen molar-refractivity contribution in [1.29, 1.82) is 0 Å². The van der Waals surface area contributed by atoms with Crippen molar-refractivity contribution in [3.05, 3.63) is 52.1 Å². The molecule has 0 amide bonds. The van der Waals surface area contributed by atoms with Crippen LogP contribution in [0.15, 0.2) is 36.5 Å². The van der Waals surface area contributed by atoms with Crippen molar-refractivity contribution in [2.45, 2.75) is 6.54 Å². The minimum atomic E-state index is 0.527. The largest absolute Gasteiger partial charge is 0.396 e. The van der Waals surface area contributed by atoms with Crippen LogP contribution >= 0.6 is 23.2 Å². The number of anilines is 2. The van der Waals surface area contributed by atoms with Gasteiger partial charge >= 0.3 is 0 Å². The summed E-state index contributed by atoms with van der Waals surface area (Å²) < 4.78 is 0. The van der Waals surface area contributed by atoms with E-state index in [4.69, 9.17) is 28.9 Å². The minimum Gasteiger partial charge on any atom is -0.396 e. The van der Waals surface area contributed by atoms with E-state index >= 15 is 0 Å². The van der Waals surface area contributed by atoms with Gasteiger partial charge < -0.3 is 11.1 Å². The van der Waals surface area contributed by atoms with Crippen LogP contribution in [0.25, 0.3) is 0 Å². The lowest BCUT2D eigenvalue weighted by Crippen LogP contribution is -2.04. The Labute approximate surface area is 110 Å². The van der Waals surface area contributed by atoms with Gasteiger partial charge in [0, 0.05) is 17.8 Å². The predicted octanol–water partition coefficient (Wildman–Crippen LogP) is 3.58. The Bertz CT molecular complexity index is 512. The molecule has 0 atom stereocenters. The molecule has 0 bridgehead atoms. The molecule has 3 nitrogen and oxygen atoms in total. The molecule has 2 rings (SSSR count). The summed E-state index contributed by atoms with van der Waals surface area (Å²) in [7, 11) is 0. The zero-order valence-electron chi connectivity index (χ0n) is 8.95. The molecule has 88 valence electrons. The summed E-state index contributed by atoms with van der Waals surface area (Å²) in [6.45, 7) is 0.635. The molecule has 0 saturated heterocycles. The van der Waals surface area contributed by atoms with Crippen LogP contribution in [0.1, 0.15) is 5.56 Å². The van der Waals surface area contributed by atoms with E-state index in [1.54, 1.807) is 12.3 Å². The van der Waals surface area contributed by atoms with E-state index in [-0.39, 0.29) is 0 Å². The van der Waals surface area contributed by atoms with Gasteiger partial charge in [-0.25, -0.2) is 4.98 Å². The molecule has 3 N–H and O–H groups in total. The van der Waals surface area contributed by atoms with Crippen molar-refractivity contribution in [1.82, 2.24) is 4.98 Å². The molecule has 0 spiro atoms. The number of aromatic nitrogens is 1. The van der Waals surface area contributed by atoms with Crippen molar-refractivity contribution >= 4 is 34.7 Å². The van der Waals surface area contributed by atoms with Crippen molar-refractivity contribution in [3.8, 4) is 0 Å². The van der Waals surface area contributed by atoms with Gasteiger partial charge in [0.2, 0.25) is 0 Å². The lowest BCUT2D eigenvalue weighted by Gasteiger charge is -2.08. The summed E-state index contributed by atoms with van der Waals surface area (Å²) in [6.07, 6.45) is 1.56. The fraction of sp³-hybridized carbons (Fsp3) is 0.0833. The zero-order valence-corrected chi connectivity index (χ0v) is 10.5. The summed E-state index contributed by atoms with van der Waals surface area (Å²) in [5.41, 5.74) is 7.42. The van der Waals surface area contributed by atoms with Crippen LogP contribution < -0.4 is 11.1 Å². The third kappa shape index (κ3) is 3.25. The average Bonchev–Trinajstić information content (AvgIpc) is 2.30. The van der Waals surface area contributed by atoms with Crippen LogP contribution in [0.5, 0.6) is 0 Å². The lowest BCUT2D eigenvalue weighted by molar-refractivity contribution is 1.11. The standard InChI is InChI=1S/C12H11Cl2N3/c13-9-3-1-8(2-4-9)6-16-12-11(15)5-10(14)7-17-12/h1-5,7H,6,15H2,(H,16,17). The summed E-state index contributed by atoms with van der Waals surface area (Å²) in [5.74, 6) is 0.629. The maximum Gasteiger partial charge on any atom is 0.149 e. The van der Waals surface area contributed by atoms with Crippen molar-refractivity contribution in [2.75, 3.05) is 11.1 Å². The molecule has 0 aliphatic carbocycles. The topological polar surface area (TPSA) is 50.9 Å². The number of nitrogen functional groups attached to an aromatic ring is 1. The maximum absolute atomic E-state index is 5.80. The van der Waals surface area contributed by atoms with Gasteiger partial charge in [-0.15, -0.1) is 0 Å². The SMILES string of the molecule is Nc1cc(Cl)cnc1NCc1ccc(Cl)cc1. The molecule has 0 aliphatic heterocycles. The number of rotatable bonds is 3. The van der Waals surface area contributed by atoms with Gasteiger partial charge in [-0.1, -0.05) is 35.3 Å². The quantitative estimate of drug-likeness (QED) is 0.894. The molecule has 1 aromatic heterocycles. The summed E-state index contributed by atoms with van der Waals surface area (Å²) >= 11 is 11.6. The lowest BCUT2D eigenvalue weighted by atomic mass is 10.2. The Morgan fingerprint density at radius 3 is 2.47 bits per heavy atom. The van der Waals surface area contributed by atoms with E-state index in [2.05, 4.69) is 10.3 Å². The second kappa shape index (κ2) is 5.25. The van der Waals surface area contributed by atoms with E-state index in [1.165, 1.54) is 0 Å². The average molecular weight is 268 g/mol. The molecule has 1 aromatic carbocycles. The first-order valence-corrected chi connectivity index (χ1v) is 5.80. The van der Waals surface area contributed by atoms with Crippen molar-refractivity contribution < 1.29 is 0 Å². The van der Waals surface area contributed by atoms with Crippen LogP contribution in [0.4, 0.5) is 11.5 Å².